The molecule has 10 heteroatoms. The molecule has 0 saturated heterocycles. The van der Waals surface area contributed by atoms with E-state index in [-0.39, 0.29) is 30.4 Å². The van der Waals surface area contributed by atoms with Crippen molar-refractivity contribution < 1.29 is 28.7 Å². The molecule has 0 saturated carbocycles. The zero-order valence-corrected chi connectivity index (χ0v) is 16.5. The summed E-state index contributed by atoms with van der Waals surface area (Å²) in [5, 5.41) is 13.7. The minimum absolute atomic E-state index is 0.0681. The molecule has 0 radical (unpaired) electrons. The van der Waals surface area contributed by atoms with Crippen molar-refractivity contribution in [3.05, 3.63) is 52.1 Å². The van der Waals surface area contributed by atoms with Crippen molar-refractivity contribution in [1.29, 1.82) is 0 Å². The highest BCUT2D eigenvalue weighted by Gasteiger charge is 2.27. The van der Waals surface area contributed by atoms with E-state index in [1.54, 1.807) is 20.3 Å². The molecular weight excluding hydrogens is 394 g/mol. The fourth-order valence-corrected chi connectivity index (χ4v) is 3.11. The van der Waals surface area contributed by atoms with Crippen LogP contribution in [0.4, 0.5) is 11.4 Å². The average molecular weight is 415 g/mol. The minimum atomic E-state index is -0.582. The SMILES string of the molecule is COc1ccc(CCNC(=O)CN2CC(=O)Oc3cc([N+](=O)[O-])ccc32)cc1OC. The number of nitrogens with one attached hydrogen (secondary N) is 1. The van der Waals surface area contributed by atoms with Gasteiger partial charge in [0.15, 0.2) is 17.2 Å². The maximum Gasteiger partial charge on any atom is 0.331 e. The molecule has 0 fully saturated rings. The molecule has 3 rings (SSSR count). The first-order chi connectivity index (χ1) is 14.4. The van der Waals surface area contributed by atoms with Crippen LogP contribution in [0.2, 0.25) is 0 Å². The second kappa shape index (κ2) is 9.12. The van der Waals surface area contributed by atoms with Gasteiger partial charge in [-0.25, -0.2) is 4.79 Å². The average Bonchev–Trinajstić information content (AvgIpc) is 2.72. The Morgan fingerprint density at radius 1 is 1.20 bits per heavy atom. The number of anilines is 1. The van der Waals surface area contributed by atoms with Crippen molar-refractivity contribution >= 4 is 23.3 Å². The van der Waals surface area contributed by atoms with E-state index >= 15 is 0 Å². The number of hydrogen-bond acceptors (Lipinski definition) is 8. The van der Waals surface area contributed by atoms with Crippen LogP contribution in [0.1, 0.15) is 5.56 Å². The molecular formula is C20H21N3O7. The van der Waals surface area contributed by atoms with Gasteiger partial charge in [-0.1, -0.05) is 6.07 Å². The standard InChI is InChI=1S/C20H21N3O7/c1-28-16-6-3-13(9-18(16)29-2)7-8-21-19(24)11-22-12-20(25)30-17-10-14(23(26)27)4-5-15(17)22/h3-6,9-10H,7-8,11-12H2,1-2H3,(H,21,24). The molecule has 1 aliphatic rings. The number of benzene rings is 2. The lowest BCUT2D eigenvalue weighted by atomic mass is 10.1. The Balaban J connectivity index is 1.59. The van der Waals surface area contributed by atoms with Gasteiger partial charge in [-0.2, -0.15) is 0 Å². The Hall–Kier alpha value is -3.82. The number of hydrogen-bond donors (Lipinski definition) is 1. The summed E-state index contributed by atoms with van der Waals surface area (Å²) in [4.78, 5) is 36.0. The monoisotopic (exact) mass is 415 g/mol. The van der Waals surface area contributed by atoms with Gasteiger partial charge in [0.2, 0.25) is 5.91 Å². The Kier molecular flexibility index (Phi) is 6.35. The molecule has 158 valence electrons. The van der Waals surface area contributed by atoms with Gasteiger partial charge >= 0.3 is 5.97 Å². The van der Waals surface area contributed by atoms with E-state index < -0.39 is 10.9 Å². The molecule has 1 amide bonds. The lowest BCUT2D eigenvalue weighted by Crippen LogP contribution is -2.43. The molecule has 2 aromatic rings. The fraction of sp³-hybridized carbons (Fsp3) is 0.300. The number of nitrogens with zero attached hydrogens (tertiary/aromatic N) is 2. The maximum absolute atomic E-state index is 12.4. The van der Waals surface area contributed by atoms with Gasteiger partial charge in [0.25, 0.3) is 5.69 Å². The van der Waals surface area contributed by atoms with Crippen LogP contribution in [-0.2, 0) is 16.0 Å². The van der Waals surface area contributed by atoms with Crippen molar-refractivity contribution in [3.8, 4) is 17.2 Å². The molecule has 0 spiro atoms. The number of carbonyl (C=O) groups is 2. The van der Waals surface area contributed by atoms with Crippen LogP contribution in [0, 0.1) is 10.1 Å². The van der Waals surface area contributed by atoms with Gasteiger partial charge in [-0.05, 0) is 30.2 Å². The topological polar surface area (TPSA) is 120 Å². The number of methoxy groups -OCH3 is 2. The van der Waals surface area contributed by atoms with E-state index in [1.165, 1.54) is 23.1 Å². The lowest BCUT2D eigenvalue weighted by Gasteiger charge is -2.28. The molecule has 1 N–H and O–H groups in total. The normalized spacial score (nSPS) is 12.6. The van der Waals surface area contributed by atoms with Crippen molar-refractivity contribution in [3.63, 3.8) is 0 Å². The molecule has 1 heterocycles. The Morgan fingerprint density at radius 2 is 1.97 bits per heavy atom. The summed E-state index contributed by atoms with van der Waals surface area (Å²) in [5.41, 5.74) is 1.23. The zero-order chi connectivity index (χ0) is 21.7. The third-order valence-electron chi connectivity index (χ3n) is 4.56. The molecule has 0 atom stereocenters. The number of non-ortho nitro benzene ring substituents is 1. The highest BCUT2D eigenvalue weighted by molar-refractivity contribution is 5.89. The number of nitro groups is 1. The fourth-order valence-electron chi connectivity index (χ4n) is 3.11. The van der Waals surface area contributed by atoms with E-state index in [0.717, 1.165) is 5.56 Å². The quantitative estimate of drug-likeness (QED) is 0.299. The first-order valence-corrected chi connectivity index (χ1v) is 9.13. The van der Waals surface area contributed by atoms with E-state index in [2.05, 4.69) is 5.32 Å². The molecule has 0 aliphatic carbocycles. The van der Waals surface area contributed by atoms with Crippen LogP contribution in [-0.4, -0.2) is 50.7 Å². The predicted molar refractivity (Wildman–Crippen MR) is 107 cm³/mol. The number of nitro benzene ring substituents is 1. The minimum Gasteiger partial charge on any atom is -0.493 e. The molecule has 10 nitrogen and oxygen atoms in total. The number of fused-ring (bicyclic) bond motifs is 1. The first-order valence-electron chi connectivity index (χ1n) is 9.13. The Morgan fingerprint density at radius 3 is 2.67 bits per heavy atom. The van der Waals surface area contributed by atoms with Crippen molar-refractivity contribution in [2.75, 3.05) is 38.8 Å². The van der Waals surface area contributed by atoms with Crippen LogP contribution in [0.25, 0.3) is 0 Å². The maximum atomic E-state index is 12.4. The van der Waals surface area contributed by atoms with Gasteiger partial charge in [-0.15, -0.1) is 0 Å². The molecule has 2 aromatic carbocycles. The second-order valence-electron chi connectivity index (χ2n) is 6.53. The Bertz CT molecular complexity index is 977. The number of amides is 1. The number of esters is 1. The lowest BCUT2D eigenvalue weighted by molar-refractivity contribution is -0.384. The zero-order valence-electron chi connectivity index (χ0n) is 16.5. The number of ether oxygens (including phenoxy) is 3. The van der Waals surface area contributed by atoms with Gasteiger partial charge in [0, 0.05) is 12.6 Å². The summed E-state index contributed by atoms with van der Waals surface area (Å²) >= 11 is 0. The smallest absolute Gasteiger partial charge is 0.331 e. The summed E-state index contributed by atoms with van der Waals surface area (Å²) in [7, 11) is 3.12. The highest BCUT2D eigenvalue weighted by Crippen LogP contribution is 2.35. The van der Waals surface area contributed by atoms with Crippen LogP contribution >= 0.6 is 0 Å². The van der Waals surface area contributed by atoms with Crippen molar-refractivity contribution in [2.24, 2.45) is 0 Å². The molecule has 0 unspecified atom stereocenters. The number of carbonyl (C=O) groups excluding carboxylic acids is 2. The van der Waals surface area contributed by atoms with E-state index in [1.807, 2.05) is 12.1 Å². The van der Waals surface area contributed by atoms with Crippen LogP contribution in [0.15, 0.2) is 36.4 Å². The first kappa shape index (κ1) is 20.9. The van der Waals surface area contributed by atoms with Gasteiger partial charge in [0.1, 0.15) is 6.54 Å². The summed E-state index contributed by atoms with van der Waals surface area (Å²) < 4.78 is 15.5. The van der Waals surface area contributed by atoms with Crippen molar-refractivity contribution in [2.45, 2.75) is 6.42 Å². The third kappa shape index (κ3) is 4.77. The summed E-state index contributed by atoms with van der Waals surface area (Å²) in [5.74, 6) is 0.439. The summed E-state index contributed by atoms with van der Waals surface area (Å²) in [6.45, 7) is 0.194. The van der Waals surface area contributed by atoms with E-state index in [9.17, 15) is 19.7 Å². The predicted octanol–water partition coefficient (Wildman–Crippen LogP) is 1.70. The van der Waals surface area contributed by atoms with Crippen LogP contribution in [0.5, 0.6) is 17.2 Å². The van der Waals surface area contributed by atoms with Crippen molar-refractivity contribution in [1.82, 2.24) is 5.32 Å². The number of rotatable bonds is 8. The largest absolute Gasteiger partial charge is 0.493 e. The summed E-state index contributed by atoms with van der Waals surface area (Å²) in [6, 6.07) is 9.47. The van der Waals surface area contributed by atoms with Crippen LogP contribution < -0.4 is 24.4 Å². The molecule has 30 heavy (non-hydrogen) atoms. The highest BCUT2D eigenvalue weighted by atomic mass is 16.6. The van der Waals surface area contributed by atoms with Gasteiger partial charge in [-0.3, -0.25) is 14.9 Å². The molecule has 0 aromatic heterocycles. The van der Waals surface area contributed by atoms with E-state index in [4.69, 9.17) is 14.2 Å². The molecule has 1 aliphatic heterocycles. The van der Waals surface area contributed by atoms with Gasteiger partial charge < -0.3 is 24.4 Å². The Labute approximate surface area is 172 Å². The molecule has 0 bridgehead atoms. The third-order valence-corrected chi connectivity index (χ3v) is 4.56. The van der Waals surface area contributed by atoms with Crippen LogP contribution in [0.3, 0.4) is 0 Å². The second-order valence-corrected chi connectivity index (χ2v) is 6.53. The van der Waals surface area contributed by atoms with Gasteiger partial charge in [0.05, 0.1) is 37.4 Å². The summed E-state index contributed by atoms with van der Waals surface area (Å²) in [6.07, 6.45) is 0.580. The van der Waals surface area contributed by atoms with E-state index in [0.29, 0.717) is 30.2 Å².